The minimum absolute atomic E-state index is 0.0566. The molecule has 1 N–H and O–H groups in total. The molecule has 1 heterocycles. The van der Waals surface area contributed by atoms with E-state index in [1.165, 1.54) is 11.3 Å². The van der Waals surface area contributed by atoms with Crippen molar-refractivity contribution < 1.29 is 14.3 Å². The Morgan fingerprint density at radius 3 is 2.87 bits per heavy atom. The van der Waals surface area contributed by atoms with Crippen LogP contribution in [0.25, 0.3) is 0 Å². The molecule has 0 spiro atoms. The van der Waals surface area contributed by atoms with Crippen LogP contribution in [0.2, 0.25) is 0 Å². The molecule has 2 aromatic rings. The van der Waals surface area contributed by atoms with Crippen molar-refractivity contribution >= 4 is 22.2 Å². The molecule has 1 fully saturated rings. The van der Waals surface area contributed by atoms with E-state index in [1.54, 1.807) is 25.7 Å². The molecule has 0 bridgehead atoms. The van der Waals surface area contributed by atoms with Crippen LogP contribution >= 0.6 is 11.3 Å². The number of benzene rings is 1. The van der Waals surface area contributed by atoms with Gasteiger partial charge in [0.25, 0.3) is 0 Å². The average molecular weight is 328 g/mol. The Labute approximate surface area is 138 Å². The molecule has 1 aliphatic carbocycles. The first kappa shape index (κ1) is 15.4. The predicted molar refractivity (Wildman–Crippen MR) is 88.1 cm³/mol. The van der Waals surface area contributed by atoms with Gasteiger partial charge in [0.15, 0.2) is 0 Å². The number of anilines is 1. The fraction of sp³-hybridized carbons (Fsp3) is 0.294. The lowest BCUT2D eigenvalue weighted by molar-refractivity contribution is -0.117. The summed E-state index contributed by atoms with van der Waals surface area (Å²) < 4.78 is 10.6. The highest BCUT2D eigenvalue weighted by Gasteiger charge is 2.45. The Kier molecular flexibility index (Phi) is 4.22. The maximum Gasteiger partial charge on any atom is 0.228 e. The van der Waals surface area contributed by atoms with Crippen molar-refractivity contribution in [3.05, 3.63) is 40.8 Å². The summed E-state index contributed by atoms with van der Waals surface area (Å²) in [5.74, 6) is 1.46. The first-order valence-electron chi connectivity index (χ1n) is 7.18. The van der Waals surface area contributed by atoms with Crippen LogP contribution in [0.3, 0.4) is 0 Å². The molecular formula is C17H16N2O3S. The van der Waals surface area contributed by atoms with Gasteiger partial charge < -0.3 is 14.8 Å². The topological polar surface area (TPSA) is 71.3 Å². The summed E-state index contributed by atoms with van der Waals surface area (Å²) >= 11 is 1.36. The van der Waals surface area contributed by atoms with Crippen molar-refractivity contribution in [3.63, 3.8) is 0 Å². The van der Waals surface area contributed by atoms with Gasteiger partial charge >= 0.3 is 0 Å². The summed E-state index contributed by atoms with van der Waals surface area (Å²) in [6, 6.07) is 9.39. The molecule has 1 saturated carbocycles. The SMILES string of the molecule is COc1ccc(OC)c(C2CC2C(=O)Nc2sccc2C#N)c1. The molecule has 23 heavy (non-hydrogen) atoms. The average Bonchev–Trinajstić information content (AvgIpc) is 3.27. The lowest BCUT2D eigenvalue weighted by Gasteiger charge is -2.10. The standard InChI is InChI=1S/C17H16N2O3S/c1-21-11-3-4-15(22-2)13(7-11)12-8-14(12)16(20)19-17-10(9-18)5-6-23-17/h3-7,12,14H,8H2,1-2H3,(H,19,20). The van der Waals surface area contributed by atoms with E-state index >= 15 is 0 Å². The number of amides is 1. The second kappa shape index (κ2) is 6.31. The highest BCUT2D eigenvalue weighted by atomic mass is 32.1. The number of nitrogens with one attached hydrogen (secondary N) is 1. The Morgan fingerprint density at radius 1 is 1.35 bits per heavy atom. The number of hydrogen-bond donors (Lipinski definition) is 1. The van der Waals surface area contributed by atoms with Crippen LogP contribution in [0.15, 0.2) is 29.6 Å². The van der Waals surface area contributed by atoms with Gasteiger partial charge in [-0.15, -0.1) is 11.3 Å². The number of hydrogen-bond acceptors (Lipinski definition) is 5. The number of nitrogens with zero attached hydrogens (tertiary/aromatic N) is 1. The normalized spacial score (nSPS) is 18.8. The number of rotatable bonds is 5. The molecule has 0 radical (unpaired) electrons. The van der Waals surface area contributed by atoms with Crippen LogP contribution in [-0.2, 0) is 4.79 Å². The van der Waals surface area contributed by atoms with Crippen molar-refractivity contribution in [2.45, 2.75) is 12.3 Å². The van der Waals surface area contributed by atoms with E-state index < -0.39 is 0 Å². The fourth-order valence-electron chi connectivity index (χ4n) is 2.66. The molecule has 5 nitrogen and oxygen atoms in total. The van der Waals surface area contributed by atoms with E-state index in [0.29, 0.717) is 10.6 Å². The Hall–Kier alpha value is -2.52. The van der Waals surface area contributed by atoms with Crippen LogP contribution in [0.4, 0.5) is 5.00 Å². The fourth-order valence-corrected chi connectivity index (χ4v) is 3.40. The number of thiophene rings is 1. The van der Waals surface area contributed by atoms with Gasteiger partial charge in [-0.05, 0) is 36.1 Å². The van der Waals surface area contributed by atoms with E-state index in [2.05, 4.69) is 11.4 Å². The third-order valence-electron chi connectivity index (χ3n) is 3.99. The lowest BCUT2D eigenvalue weighted by Crippen LogP contribution is -2.14. The molecular weight excluding hydrogens is 312 g/mol. The number of methoxy groups -OCH3 is 2. The van der Waals surface area contributed by atoms with Gasteiger partial charge in [0, 0.05) is 17.4 Å². The van der Waals surface area contributed by atoms with Gasteiger partial charge in [-0.3, -0.25) is 4.79 Å². The van der Waals surface area contributed by atoms with Gasteiger partial charge in [0.05, 0.1) is 19.8 Å². The van der Waals surface area contributed by atoms with E-state index in [9.17, 15) is 4.79 Å². The second-order valence-electron chi connectivity index (χ2n) is 5.32. The quantitative estimate of drug-likeness (QED) is 0.913. The molecule has 1 aromatic heterocycles. The zero-order chi connectivity index (χ0) is 16.4. The molecule has 1 amide bonds. The maximum atomic E-state index is 12.4. The second-order valence-corrected chi connectivity index (χ2v) is 6.24. The molecule has 2 atom stereocenters. The third-order valence-corrected chi connectivity index (χ3v) is 4.82. The summed E-state index contributed by atoms with van der Waals surface area (Å²) in [5.41, 5.74) is 1.48. The molecule has 1 aliphatic rings. The number of ether oxygens (including phenoxy) is 2. The summed E-state index contributed by atoms with van der Waals surface area (Å²) in [5, 5.41) is 14.3. The van der Waals surface area contributed by atoms with E-state index in [1.807, 2.05) is 18.2 Å². The highest BCUT2D eigenvalue weighted by molar-refractivity contribution is 7.14. The minimum atomic E-state index is -0.107. The smallest absolute Gasteiger partial charge is 0.228 e. The Morgan fingerprint density at radius 2 is 2.17 bits per heavy atom. The monoisotopic (exact) mass is 328 g/mol. The van der Waals surface area contributed by atoms with Crippen molar-refractivity contribution in [1.29, 1.82) is 5.26 Å². The maximum absolute atomic E-state index is 12.4. The minimum Gasteiger partial charge on any atom is -0.497 e. The van der Waals surface area contributed by atoms with Crippen LogP contribution in [0, 0.1) is 17.2 Å². The summed E-state index contributed by atoms with van der Waals surface area (Å²) in [4.78, 5) is 12.4. The molecule has 3 rings (SSSR count). The van der Waals surface area contributed by atoms with Crippen LogP contribution in [-0.4, -0.2) is 20.1 Å². The highest BCUT2D eigenvalue weighted by Crippen LogP contribution is 2.51. The molecule has 1 aromatic carbocycles. The molecule has 2 unspecified atom stereocenters. The lowest BCUT2D eigenvalue weighted by atomic mass is 10.1. The first-order chi connectivity index (χ1) is 11.2. The van der Waals surface area contributed by atoms with Gasteiger partial charge in [-0.1, -0.05) is 0 Å². The van der Waals surface area contributed by atoms with Gasteiger partial charge in [-0.25, -0.2) is 0 Å². The summed E-state index contributed by atoms with van der Waals surface area (Å²) in [7, 11) is 3.23. The van der Waals surface area contributed by atoms with Crippen molar-refractivity contribution in [1.82, 2.24) is 0 Å². The van der Waals surface area contributed by atoms with Crippen molar-refractivity contribution in [2.75, 3.05) is 19.5 Å². The Bertz CT molecular complexity index is 778. The molecule has 118 valence electrons. The molecule has 0 saturated heterocycles. The van der Waals surface area contributed by atoms with E-state index in [-0.39, 0.29) is 17.7 Å². The van der Waals surface area contributed by atoms with E-state index in [4.69, 9.17) is 14.7 Å². The molecule has 0 aliphatic heterocycles. The summed E-state index contributed by atoms with van der Waals surface area (Å²) in [6.07, 6.45) is 0.766. The predicted octanol–water partition coefficient (Wildman–Crippen LogP) is 3.38. The van der Waals surface area contributed by atoms with Gasteiger partial charge in [0.2, 0.25) is 5.91 Å². The third kappa shape index (κ3) is 3.01. The van der Waals surface area contributed by atoms with Crippen LogP contribution in [0.5, 0.6) is 11.5 Å². The zero-order valence-corrected chi connectivity index (χ0v) is 13.6. The van der Waals surface area contributed by atoms with Crippen molar-refractivity contribution in [2.24, 2.45) is 5.92 Å². The van der Waals surface area contributed by atoms with Crippen LogP contribution < -0.4 is 14.8 Å². The number of carbonyl (C=O) groups excluding carboxylic acids is 1. The molecule has 6 heteroatoms. The van der Waals surface area contributed by atoms with Crippen LogP contribution in [0.1, 0.15) is 23.5 Å². The first-order valence-corrected chi connectivity index (χ1v) is 8.06. The van der Waals surface area contributed by atoms with E-state index in [0.717, 1.165) is 23.5 Å². The van der Waals surface area contributed by atoms with Crippen molar-refractivity contribution in [3.8, 4) is 17.6 Å². The Balaban J connectivity index is 1.74. The van der Waals surface area contributed by atoms with Gasteiger partial charge in [-0.2, -0.15) is 5.26 Å². The zero-order valence-electron chi connectivity index (χ0n) is 12.8. The number of nitriles is 1. The summed E-state index contributed by atoms with van der Waals surface area (Å²) in [6.45, 7) is 0. The largest absolute Gasteiger partial charge is 0.497 e. The van der Waals surface area contributed by atoms with Gasteiger partial charge in [0.1, 0.15) is 22.6 Å². The number of carbonyl (C=O) groups is 1.